The molecule has 0 fully saturated rings. The summed E-state index contributed by atoms with van der Waals surface area (Å²) < 4.78 is 13.4. The Morgan fingerprint density at radius 1 is 1.43 bits per heavy atom. The molecule has 0 saturated carbocycles. The van der Waals surface area contributed by atoms with E-state index in [1.165, 1.54) is 18.2 Å². The average molecular weight is 341 g/mol. The van der Waals surface area contributed by atoms with Crippen molar-refractivity contribution in [2.24, 2.45) is 5.10 Å². The Labute approximate surface area is 132 Å². The van der Waals surface area contributed by atoms with Gasteiger partial charge in [-0.2, -0.15) is 5.10 Å². The molecule has 1 amide bonds. The molecule has 0 atom stereocenters. The van der Waals surface area contributed by atoms with E-state index in [9.17, 15) is 18.8 Å². The van der Waals surface area contributed by atoms with Crippen molar-refractivity contribution in [3.8, 4) is 0 Å². The van der Waals surface area contributed by atoms with Gasteiger partial charge < -0.3 is 5.32 Å². The van der Waals surface area contributed by atoms with Gasteiger partial charge in [-0.3, -0.25) is 14.6 Å². The molecule has 4 N–H and O–H groups in total. The average Bonchev–Trinajstić information content (AvgIpc) is 2.49. The van der Waals surface area contributed by atoms with Crippen LogP contribution in [0.2, 0.25) is 5.02 Å². The first-order valence-electron chi connectivity index (χ1n) is 6.16. The van der Waals surface area contributed by atoms with Crippen LogP contribution in [0.1, 0.15) is 5.56 Å². The summed E-state index contributed by atoms with van der Waals surface area (Å²) in [6, 6.07) is 4.11. The Hall–Kier alpha value is -3.01. The quantitative estimate of drug-likeness (QED) is 0.442. The van der Waals surface area contributed by atoms with Gasteiger partial charge in [0.2, 0.25) is 5.82 Å². The minimum absolute atomic E-state index is 0.0289. The van der Waals surface area contributed by atoms with Crippen LogP contribution in [-0.4, -0.2) is 33.8 Å². The van der Waals surface area contributed by atoms with Crippen molar-refractivity contribution >= 4 is 29.5 Å². The lowest BCUT2D eigenvalue weighted by molar-refractivity contribution is -0.119. The van der Waals surface area contributed by atoms with Crippen LogP contribution >= 0.6 is 11.6 Å². The standard InChI is InChI=1S/C12H10ClFN6O3/c13-7-2-1-3-8(14)6(7)4-16-18-9(21)5-15-10-11(22)17-12(23)20-19-10/h1-4H,5H2,(H,15,19)(H,18,21)(H2,17,20,22,23)/b16-4+. The Bertz CT molecular complexity index is 842. The maximum atomic E-state index is 13.4. The summed E-state index contributed by atoms with van der Waals surface area (Å²) in [4.78, 5) is 35.5. The molecular weight excluding hydrogens is 331 g/mol. The van der Waals surface area contributed by atoms with Crippen LogP contribution in [0.4, 0.5) is 10.2 Å². The van der Waals surface area contributed by atoms with Crippen LogP contribution in [-0.2, 0) is 4.79 Å². The second kappa shape index (κ2) is 7.31. The molecule has 11 heteroatoms. The van der Waals surface area contributed by atoms with Crippen molar-refractivity contribution in [2.75, 3.05) is 11.9 Å². The van der Waals surface area contributed by atoms with Crippen LogP contribution in [0.3, 0.4) is 0 Å². The number of halogens is 2. The molecule has 1 heterocycles. The highest BCUT2D eigenvalue weighted by atomic mass is 35.5. The molecule has 23 heavy (non-hydrogen) atoms. The van der Waals surface area contributed by atoms with Crippen LogP contribution in [0.15, 0.2) is 32.9 Å². The van der Waals surface area contributed by atoms with Crippen molar-refractivity contribution in [2.45, 2.75) is 0 Å². The number of hydrogen-bond acceptors (Lipinski definition) is 6. The lowest BCUT2D eigenvalue weighted by Crippen LogP contribution is -2.31. The van der Waals surface area contributed by atoms with Crippen molar-refractivity contribution in [3.05, 3.63) is 55.4 Å². The maximum absolute atomic E-state index is 13.4. The second-order valence-electron chi connectivity index (χ2n) is 4.14. The predicted molar refractivity (Wildman–Crippen MR) is 81.1 cm³/mol. The Kier molecular flexibility index (Phi) is 5.20. The van der Waals surface area contributed by atoms with Crippen molar-refractivity contribution in [1.29, 1.82) is 0 Å². The minimum Gasteiger partial charge on any atom is -0.355 e. The number of carbonyl (C=O) groups is 1. The number of aromatic amines is 2. The molecule has 9 nitrogen and oxygen atoms in total. The molecule has 0 saturated heterocycles. The SMILES string of the molecule is O=C(CNc1n[nH]c(=O)[nH]c1=O)N/N=C/c1c(F)cccc1Cl. The lowest BCUT2D eigenvalue weighted by atomic mass is 10.2. The molecule has 0 radical (unpaired) electrons. The summed E-state index contributed by atoms with van der Waals surface area (Å²) in [7, 11) is 0. The molecule has 0 spiro atoms. The zero-order valence-corrected chi connectivity index (χ0v) is 12.1. The number of hydrogen-bond donors (Lipinski definition) is 4. The normalized spacial score (nSPS) is 10.7. The summed E-state index contributed by atoms with van der Waals surface area (Å²) in [6.07, 6.45) is 1.06. The third-order valence-corrected chi connectivity index (χ3v) is 2.84. The van der Waals surface area contributed by atoms with Gasteiger partial charge in [-0.05, 0) is 12.1 Å². The molecule has 0 unspecified atom stereocenters. The van der Waals surface area contributed by atoms with Gasteiger partial charge in [-0.1, -0.05) is 17.7 Å². The molecule has 2 aromatic rings. The highest BCUT2D eigenvalue weighted by Crippen LogP contribution is 2.16. The van der Waals surface area contributed by atoms with E-state index >= 15 is 0 Å². The van der Waals surface area contributed by atoms with Gasteiger partial charge in [0.15, 0.2) is 0 Å². The summed E-state index contributed by atoms with van der Waals surface area (Å²) >= 11 is 5.78. The Balaban J connectivity index is 1.91. The van der Waals surface area contributed by atoms with Crippen LogP contribution in [0.25, 0.3) is 0 Å². The number of aromatic nitrogens is 3. The number of hydrazone groups is 1. The third-order valence-electron chi connectivity index (χ3n) is 2.51. The number of anilines is 1. The van der Waals surface area contributed by atoms with E-state index in [1.807, 2.05) is 10.1 Å². The first kappa shape index (κ1) is 16.4. The van der Waals surface area contributed by atoms with Crippen LogP contribution in [0.5, 0.6) is 0 Å². The number of nitrogens with one attached hydrogen (secondary N) is 4. The number of nitrogens with zero attached hydrogens (tertiary/aromatic N) is 2. The van der Waals surface area contributed by atoms with E-state index in [0.29, 0.717) is 0 Å². The number of amides is 1. The smallest absolute Gasteiger partial charge is 0.342 e. The summed E-state index contributed by atoms with van der Waals surface area (Å²) in [5.74, 6) is -1.44. The van der Waals surface area contributed by atoms with E-state index in [1.54, 1.807) is 0 Å². The monoisotopic (exact) mass is 340 g/mol. The zero-order chi connectivity index (χ0) is 16.8. The number of benzene rings is 1. The molecule has 1 aromatic heterocycles. The van der Waals surface area contributed by atoms with Gasteiger partial charge in [0, 0.05) is 5.56 Å². The Morgan fingerprint density at radius 2 is 2.22 bits per heavy atom. The fraction of sp³-hybridized carbons (Fsp3) is 0.0833. The molecule has 2 rings (SSSR count). The maximum Gasteiger partial charge on any atom is 0.342 e. The van der Waals surface area contributed by atoms with Gasteiger partial charge in [0.1, 0.15) is 5.82 Å². The number of rotatable bonds is 5. The number of H-pyrrole nitrogens is 2. The van der Waals surface area contributed by atoms with Gasteiger partial charge in [0.05, 0.1) is 17.8 Å². The van der Waals surface area contributed by atoms with Gasteiger partial charge in [-0.15, -0.1) is 5.10 Å². The molecule has 0 bridgehead atoms. The van der Waals surface area contributed by atoms with Gasteiger partial charge in [-0.25, -0.2) is 19.7 Å². The fourth-order valence-electron chi connectivity index (χ4n) is 1.47. The molecule has 0 aliphatic rings. The molecular formula is C12H10ClFN6O3. The minimum atomic E-state index is -0.775. The zero-order valence-electron chi connectivity index (χ0n) is 11.4. The van der Waals surface area contributed by atoms with Crippen LogP contribution < -0.4 is 22.0 Å². The van der Waals surface area contributed by atoms with E-state index in [2.05, 4.69) is 20.9 Å². The molecule has 0 aliphatic carbocycles. The first-order valence-corrected chi connectivity index (χ1v) is 6.54. The van der Waals surface area contributed by atoms with Crippen molar-refractivity contribution in [3.63, 3.8) is 0 Å². The van der Waals surface area contributed by atoms with E-state index in [0.717, 1.165) is 6.21 Å². The number of carbonyl (C=O) groups excluding carboxylic acids is 1. The summed E-state index contributed by atoms with van der Waals surface area (Å²) in [5.41, 5.74) is 0.604. The highest BCUT2D eigenvalue weighted by molar-refractivity contribution is 6.33. The molecule has 120 valence electrons. The third kappa shape index (κ3) is 4.48. The van der Waals surface area contributed by atoms with E-state index in [4.69, 9.17) is 11.6 Å². The van der Waals surface area contributed by atoms with Crippen molar-refractivity contribution in [1.82, 2.24) is 20.6 Å². The molecule has 1 aromatic carbocycles. The second-order valence-corrected chi connectivity index (χ2v) is 4.54. The fourth-order valence-corrected chi connectivity index (χ4v) is 1.69. The highest BCUT2D eigenvalue weighted by Gasteiger charge is 2.06. The van der Waals surface area contributed by atoms with Crippen LogP contribution in [0, 0.1) is 5.82 Å². The topological polar surface area (TPSA) is 132 Å². The molecule has 0 aliphatic heterocycles. The predicted octanol–water partition coefficient (Wildman–Crippen LogP) is -0.187. The largest absolute Gasteiger partial charge is 0.355 e. The Morgan fingerprint density at radius 3 is 2.91 bits per heavy atom. The van der Waals surface area contributed by atoms with Gasteiger partial charge in [0.25, 0.3) is 11.5 Å². The van der Waals surface area contributed by atoms with Crippen molar-refractivity contribution < 1.29 is 9.18 Å². The lowest BCUT2D eigenvalue weighted by Gasteiger charge is -2.03. The van der Waals surface area contributed by atoms with E-state index < -0.39 is 23.0 Å². The first-order chi connectivity index (χ1) is 11.0. The van der Waals surface area contributed by atoms with E-state index in [-0.39, 0.29) is 22.9 Å². The van der Waals surface area contributed by atoms with Gasteiger partial charge >= 0.3 is 5.69 Å². The summed E-state index contributed by atoms with van der Waals surface area (Å²) in [6.45, 7) is -0.343. The summed E-state index contributed by atoms with van der Waals surface area (Å²) in [5, 5.41) is 11.5.